The average molecular weight is 256 g/mol. The van der Waals surface area contributed by atoms with Gasteiger partial charge in [0.05, 0.1) is 5.56 Å². The fourth-order valence-corrected chi connectivity index (χ4v) is 2.03. The minimum Gasteiger partial charge on any atom is -0.474 e. The summed E-state index contributed by atoms with van der Waals surface area (Å²) in [7, 11) is 0. The van der Waals surface area contributed by atoms with E-state index in [9.17, 15) is 0 Å². The highest BCUT2D eigenvalue weighted by Crippen LogP contribution is 2.23. The first-order valence-electron chi connectivity index (χ1n) is 5.73. The third-order valence-electron chi connectivity index (χ3n) is 2.89. The molecule has 3 N–H and O–H groups in total. The Morgan fingerprint density at radius 2 is 2.06 bits per heavy atom. The van der Waals surface area contributed by atoms with E-state index >= 15 is 0 Å². The second kappa shape index (κ2) is 6.45. The summed E-state index contributed by atoms with van der Waals surface area (Å²) in [5, 5.41) is 7.45. The summed E-state index contributed by atoms with van der Waals surface area (Å²) in [6.45, 7) is 0. The summed E-state index contributed by atoms with van der Waals surface area (Å²) < 4.78 is 5.82. The molecule has 2 rings (SSSR count). The van der Waals surface area contributed by atoms with Crippen molar-refractivity contribution < 1.29 is 4.74 Å². The van der Waals surface area contributed by atoms with Crippen LogP contribution < -0.4 is 10.5 Å². The number of nitrogens with one attached hydrogen (secondary N) is 1. The lowest BCUT2D eigenvalue weighted by atomic mass is 9.98. The summed E-state index contributed by atoms with van der Waals surface area (Å²) >= 11 is 0. The molecular weight excluding hydrogens is 238 g/mol. The van der Waals surface area contributed by atoms with Gasteiger partial charge in [0, 0.05) is 6.20 Å². The molecule has 94 valence electrons. The standard InChI is InChI=1S/C12H17N3O.ClH/c13-11(14)10-7-4-8-15-12(10)16-9-5-2-1-3-6-9;/h4,7-9H,1-3,5-6H2,(H3,13,14);1H. The predicted molar refractivity (Wildman–Crippen MR) is 70.0 cm³/mol. The van der Waals surface area contributed by atoms with Crippen LogP contribution in [0.15, 0.2) is 18.3 Å². The first kappa shape index (κ1) is 13.8. The van der Waals surface area contributed by atoms with E-state index in [1.807, 2.05) is 0 Å². The zero-order valence-electron chi connectivity index (χ0n) is 9.69. The lowest BCUT2D eigenvalue weighted by molar-refractivity contribution is 0.148. The van der Waals surface area contributed by atoms with E-state index < -0.39 is 0 Å². The Hall–Kier alpha value is -1.29. The molecule has 1 aliphatic carbocycles. The van der Waals surface area contributed by atoms with E-state index in [4.69, 9.17) is 15.9 Å². The molecule has 5 heteroatoms. The summed E-state index contributed by atoms with van der Waals surface area (Å²) in [4.78, 5) is 4.15. The Bertz CT molecular complexity index is 378. The Labute approximate surface area is 107 Å². The van der Waals surface area contributed by atoms with Crippen LogP contribution in [0.5, 0.6) is 5.88 Å². The molecule has 1 aliphatic rings. The molecule has 0 aliphatic heterocycles. The number of halogens is 1. The topological polar surface area (TPSA) is 72.0 Å². The van der Waals surface area contributed by atoms with Crippen LogP contribution >= 0.6 is 12.4 Å². The molecule has 1 heterocycles. The van der Waals surface area contributed by atoms with Crippen LogP contribution in [0.3, 0.4) is 0 Å². The number of nitrogen functional groups attached to an aromatic ring is 1. The summed E-state index contributed by atoms with van der Waals surface area (Å²) in [5.74, 6) is 0.515. The van der Waals surface area contributed by atoms with Crippen LogP contribution in [0.25, 0.3) is 0 Å². The van der Waals surface area contributed by atoms with Gasteiger partial charge in [-0.3, -0.25) is 5.41 Å². The Morgan fingerprint density at radius 1 is 1.35 bits per heavy atom. The van der Waals surface area contributed by atoms with E-state index in [1.54, 1.807) is 18.3 Å². The quantitative estimate of drug-likeness (QED) is 0.644. The molecule has 4 nitrogen and oxygen atoms in total. The van der Waals surface area contributed by atoms with E-state index in [1.165, 1.54) is 19.3 Å². The highest BCUT2D eigenvalue weighted by molar-refractivity contribution is 5.96. The van der Waals surface area contributed by atoms with Gasteiger partial charge in [0.25, 0.3) is 0 Å². The van der Waals surface area contributed by atoms with Crippen LogP contribution in [0.1, 0.15) is 37.7 Å². The molecule has 1 fully saturated rings. The van der Waals surface area contributed by atoms with Gasteiger partial charge in [-0.15, -0.1) is 12.4 Å². The van der Waals surface area contributed by atoms with E-state index in [0.29, 0.717) is 11.4 Å². The van der Waals surface area contributed by atoms with Crippen LogP contribution in [0.4, 0.5) is 0 Å². The highest BCUT2D eigenvalue weighted by Gasteiger charge is 2.17. The third kappa shape index (κ3) is 3.60. The van der Waals surface area contributed by atoms with Gasteiger partial charge in [-0.25, -0.2) is 4.98 Å². The maximum Gasteiger partial charge on any atom is 0.224 e. The van der Waals surface area contributed by atoms with E-state index in [-0.39, 0.29) is 24.3 Å². The molecule has 0 spiro atoms. The van der Waals surface area contributed by atoms with Crippen LogP contribution in [0.2, 0.25) is 0 Å². The molecule has 1 aromatic rings. The van der Waals surface area contributed by atoms with Crippen molar-refractivity contribution >= 4 is 18.2 Å². The Balaban J connectivity index is 0.00000144. The molecule has 0 unspecified atom stereocenters. The summed E-state index contributed by atoms with van der Waals surface area (Å²) in [6.07, 6.45) is 7.79. The van der Waals surface area contributed by atoms with E-state index in [2.05, 4.69) is 4.98 Å². The second-order valence-electron chi connectivity index (χ2n) is 4.15. The fraction of sp³-hybridized carbons (Fsp3) is 0.500. The number of aromatic nitrogens is 1. The normalized spacial score (nSPS) is 16.0. The Kier molecular flexibility index (Phi) is 5.22. The molecule has 0 saturated heterocycles. The van der Waals surface area contributed by atoms with E-state index in [0.717, 1.165) is 12.8 Å². The number of ether oxygens (including phenoxy) is 1. The molecule has 0 bridgehead atoms. The van der Waals surface area contributed by atoms with Crippen molar-refractivity contribution in [2.75, 3.05) is 0 Å². The number of amidine groups is 1. The number of hydrogen-bond acceptors (Lipinski definition) is 3. The zero-order chi connectivity index (χ0) is 11.4. The van der Waals surface area contributed by atoms with Crippen molar-refractivity contribution in [2.45, 2.75) is 38.2 Å². The van der Waals surface area contributed by atoms with Crippen LogP contribution in [0, 0.1) is 5.41 Å². The summed E-state index contributed by atoms with van der Waals surface area (Å²) in [6, 6.07) is 3.54. The molecule has 1 aromatic heterocycles. The first-order chi connectivity index (χ1) is 7.77. The van der Waals surface area contributed by atoms with Crippen molar-refractivity contribution in [1.29, 1.82) is 5.41 Å². The van der Waals surface area contributed by atoms with Gasteiger partial charge in [-0.1, -0.05) is 6.42 Å². The molecule has 0 atom stereocenters. The van der Waals surface area contributed by atoms with Gasteiger partial charge < -0.3 is 10.5 Å². The predicted octanol–water partition coefficient (Wildman–Crippen LogP) is 2.50. The smallest absolute Gasteiger partial charge is 0.224 e. The van der Waals surface area contributed by atoms with Gasteiger partial charge in [0.1, 0.15) is 11.9 Å². The Morgan fingerprint density at radius 3 is 2.71 bits per heavy atom. The van der Waals surface area contributed by atoms with Crippen LogP contribution in [-0.4, -0.2) is 16.9 Å². The zero-order valence-corrected chi connectivity index (χ0v) is 10.5. The number of nitrogens with two attached hydrogens (primary N) is 1. The first-order valence-corrected chi connectivity index (χ1v) is 5.73. The largest absolute Gasteiger partial charge is 0.474 e. The minimum absolute atomic E-state index is 0. The average Bonchev–Trinajstić information content (AvgIpc) is 2.31. The number of nitrogens with zero attached hydrogens (tertiary/aromatic N) is 1. The molecule has 0 amide bonds. The van der Waals surface area contributed by atoms with Gasteiger partial charge in [0.15, 0.2) is 0 Å². The highest BCUT2D eigenvalue weighted by atomic mass is 35.5. The minimum atomic E-state index is 0. The SMILES string of the molecule is Cl.N=C(N)c1cccnc1OC1CCCCC1. The lowest BCUT2D eigenvalue weighted by Gasteiger charge is -2.23. The maximum absolute atomic E-state index is 7.45. The van der Waals surface area contributed by atoms with Crippen molar-refractivity contribution in [3.63, 3.8) is 0 Å². The molecule has 1 saturated carbocycles. The van der Waals surface area contributed by atoms with Gasteiger partial charge in [-0.05, 0) is 37.8 Å². The van der Waals surface area contributed by atoms with Gasteiger partial charge in [-0.2, -0.15) is 0 Å². The molecular formula is C12H18ClN3O. The number of rotatable bonds is 3. The maximum atomic E-state index is 7.45. The lowest BCUT2D eigenvalue weighted by Crippen LogP contribution is -2.22. The van der Waals surface area contributed by atoms with Gasteiger partial charge in [0.2, 0.25) is 5.88 Å². The van der Waals surface area contributed by atoms with Crippen molar-refractivity contribution in [3.05, 3.63) is 23.9 Å². The van der Waals surface area contributed by atoms with Crippen molar-refractivity contribution in [1.82, 2.24) is 4.98 Å². The molecule has 17 heavy (non-hydrogen) atoms. The van der Waals surface area contributed by atoms with Crippen molar-refractivity contribution in [3.8, 4) is 5.88 Å². The second-order valence-corrected chi connectivity index (χ2v) is 4.15. The monoisotopic (exact) mass is 255 g/mol. The van der Waals surface area contributed by atoms with Gasteiger partial charge >= 0.3 is 0 Å². The van der Waals surface area contributed by atoms with Crippen molar-refractivity contribution in [2.24, 2.45) is 5.73 Å². The third-order valence-corrected chi connectivity index (χ3v) is 2.89. The molecule has 0 radical (unpaired) electrons. The number of hydrogen-bond donors (Lipinski definition) is 2. The molecule has 0 aromatic carbocycles. The fourth-order valence-electron chi connectivity index (χ4n) is 2.03. The number of pyridine rings is 1. The van der Waals surface area contributed by atoms with Crippen LogP contribution in [-0.2, 0) is 0 Å². The summed E-state index contributed by atoms with van der Waals surface area (Å²) in [5.41, 5.74) is 6.07.